The van der Waals surface area contributed by atoms with Crippen molar-refractivity contribution in [2.75, 3.05) is 5.32 Å². The summed E-state index contributed by atoms with van der Waals surface area (Å²) >= 11 is 0. The van der Waals surface area contributed by atoms with Gasteiger partial charge in [-0.05, 0) is 54.8 Å². The van der Waals surface area contributed by atoms with Crippen LogP contribution in [0.1, 0.15) is 25.1 Å². The number of anilines is 1. The van der Waals surface area contributed by atoms with Crippen LogP contribution in [0.4, 0.5) is 18.9 Å². The topological polar surface area (TPSA) is 92.9 Å². The molecular formula is C14H14F3N5O2. The van der Waals surface area contributed by atoms with E-state index < -0.39 is 23.2 Å². The number of nitrogens with one attached hydrogen (secondary N) is 1. The summed E-state index contributed by atoms with van der Waals surface area (Å²) in [6.07, 6.45) is 0.135. The molecule has 1 aromatic heterocycles. The highest BCUT2D eigenvalue weighted by molar-refractivity contribution is 5.97. The number of nitrogens with zero attached hydrogens (tertiary/aromatic N) is 4. The molecule has 0 atom stereocenters. The van der Waals surface area contributed by atoms with Crippen molar-refractivity contribution in [3.05, 3.63) is 29.8 Å². The molecular weight excluding hydrogens is 327 g/mol. The van der Waals surface area contributed by atoms with Gasteiger partial charge in [0, 0.05) is 5.69 Å². The van der Waals surface area contributed by atoms with E-state index in [0.29, 0.717) is 6.42 Å². The molecule has 0 radical (unpaired) electrons. The Kier molecular flexibility index (Phi) is 3.78. The Bertz CT molecular complexity index is 788. The third-order valence-corrected chi connectivity index (χ3v) is 4.11. The van der Waals surface area contributed by atoms with Crippen LogP contribution in [0.15, 0.2) is 18.2 Å². The number of benzene rings is 1. The minimum Gasteiger partial charge on any atom is -0.383 e. The third kappa shape index (κ3) is 2.52. The summed E-state index contributed by atoms with van der Waals surface area (Å²) in [4.78, 5) is 11.9. The van der Waals surface area contributed by atoms with Gasteiger partial charge in [-0.1, -0.05) is 0 Å². The molecule has 1 heterocycles. The molecule has 2 aromatic rings. The van der Waals surface area contributed by atoms with E-state index in [2.05, 4.69) is 15.5 Å². The summed E-state index contributed by atoms with van der Waals surface area (Å²) in [5.41, 5.74) is -2.48. The van der Waals surface area contributed by atoms with Gasteiger partial charge in [0.25, 0.3) is 5.91 Å². The van der Waals surface area contributed by atoms with Gasteiger partial charge in [-0.3, -0.25) is 4.79 Å². The molecule has 0 aliphatic heterocycles. The highest BCUT2D eigenvalue weighted by Crippen LogP contribution is 2.44. The number of halogens is 3. The normalized spacial score (nSPS) is 16.5. The number of hydrogen-bond donors (Lipinski definition) is 2. The van der Waals surface area contributed by atoms with Crippen LogP contribution in [0, 0.1) is 12.7 Å². The van der Waals surface area contributed by atoms with Crippen LogP contribution >= 0.6 is 0 Å². The molecule has 0 unspecified atom stereocenters. The second-order valence-electron chi connectivity index (χ2n) is 5.72. The van der Waals surface area contributed by atoms with Gasteiger partial charge >= 0.3 is 5.92 Å². The van der Waals surface area contributed by atoms with Crippen molar-refractivity contribution in [3.63, 3.8) is 0 Å². The quantitative estimate of drug-likeness (QED) is 0.881. The first-order valence-electron chi connectivity index (χ1n) is 7.21. The molecule has 0 spiro atoms. The molecule has 1 amide bonds. The van der Waals surface area contributed by atoms with Crippen LogP contribution in [0.3, 0.4) is 0 Å². The fourth-order valence-electron chi connectivity index (χ4n) is 2.45. The molecule has 24 heavy (non-hydrogen) atoms. The Labute approximate surface area is 134 Å². The maximum atomic E-state index is 14.1. The largest absolute Gasteiger partial charge is 0.383 e. The average Bonchev–Trinajstić information content (AvgIpc) is 2.92. The van der Waals surface area contributed by atoms with Crippen molar-refractivity contribution in [2.24, 2.45) is 0 Å². The Morgan fingerprint density at radius 1 is 1.42 bits per heavy atom. The van der Waals surface area contributed by atoms with Crippen LogP contribution < -0.4 is 5.32 Å². The zero-order valence-electron chi connectivity index (χ0n) is 12.6. The minimum atomic E-state index is -3.94. The lowest BCUT2D eigenvalue weighted by Gasteiger charge is -2.41. The van der Waals surface area contributed by atoms with E-state index >= 15 is 0 Å². The predicted molar refractivity (Wildman–Crippen MR) is 76.2 cm³/mol. The molecule has 2 N–H and O–H groups in total. The fourth-order valence-corrected chi connectivity index (χ4v) is 2.45. The van der Waals surface area contributed by atoms with Crippen LogP contribution in [0.25, 0.3) is 5.69 Å². The molecule has 1 aliphatic rings. The monoisotopic (exact) mass is 341 g/mol. The van der Waals surface area contributed by atoms with Crippen LogP contribution in [0.2, 0.25) is 0 Å². The molecule has 128 valence electrons. The standard InChI is InChI=1S/C14H14F3N5O2/c1-8-19-20-21-22(8)11-7-9(3-4-10(11)15)18-12(23)14(16,17)13(24)5-2-6-13/h3-4,7,24H,2,5-6H2,1H3,(H,18,23). The highest BCUT2D eigenvalue weighted by atomic mass is 19.3. The number of tetrazole rings is 1. The summed E-state index contributed by atoms with van der Waals surface area (Å²) in [7, 11) is 0. The Hall–Kier alpha value is -2.49. The fraction of sp³-hybridized carbons (Fsp3) is 0.429. The van der Waals surface area contributed by atoms with Gasteiger partial charge in [0.15, 0.2) is 5.82 Å². The molecule has 1 aliphatic carbocycles. The lowest BCUT2D eigenvalue weighted by molar-refractivity contribution is -0.212. The molecule has 7 nitrogen and oxygen atoms in total. The number of aliphatic hydroxyl groups is 1. The van der Waals surface area contributed by atoms with E-state index in [-0.39, 0.29) is 30.0 Å². The lowest BCUT2D eigenvalue weighted by atomic mass is 9.75. The number of carbonyl (C=O) groups is 1. The van der Waals surface area contributed by atoms with Crippen molar-refractivity contribution < 1.29 is 23.1 Å². The summed E-state index contributed by atoms with van der Waals surface area (Å²) in [6, 6.07) is 3.27. The second kappa shape index (κ2) is 5.55. The van der Waals surface area contributed by atoms with E-state index in [4.69, 9.17) is 0 Å². The molecule has 1 aromatic carbocycles. The van der Waals surface area contributed by atoms with Crippen LogP contribution in [-0.4, -0.2) is 42.7 Å². The highest BCUT2D eigenvalue weighted by Gasteiger charge is 2.61. The lowest BCUT2D eigenvalue weighted by Crippen LogP contribution is -2.59. The van der Waals surface area contributed by atoms with Gasteiger partial charge in [-0.25, -0.2) is 4.39 Å². The number of hydrogen-bond acceptors (Lipinski definition) is 5. The van der Waals surface area contributed by atoms with Crippen molar-refractivity contribution in [1.82, 2.24) is 20.2 Å². The molecule has 10 heteroatoms. The van der Waals surface area contributed by atoms with Crippen molar-refractivity contribution in [1.29, 1.82) is 0 Å². The first-order valence-corrected chi connectivity index (χ1v) is 7.21. The van der Waals surface area contributed by atoms with E-state index in [1.165, 1.54) is 6.92 Å². The van der Waals surface area contributed by atoms with Gasteiger partial charge in [0.05, 0.1) is 0 Å². The second-order valence-corrected chi connectivity index (χ2v) is 5.72. The van der Waals surface area contributed by atoms with Crippen molar-refractivity contribution >= 4 is 11.6 Å². The molecule has 1 saturated carbocycles. The Morgan fingerprint density at radius 3 is 2.67 bits per heavy atom. The number of carbonyl (C=O) groups excluding carboxylic acids is 1. The predicted octanol–water partition coefficient (Wildman–Crippen LogP) is 1.60. The maximum absolute atomic E-state index is 14.1. The van der Waals surface area contributed by atoms with Crippen molar-refractivity contribution in [2.45, 2.75) is 37.7 Å². The van der Waals surface area contributed by atoms with E-state index in [9.17, 15) is 23.1 Å². The molecule has 0 saturated heterocycles. The summed E-state index contributed by atoms with van der Waals surface area (Å²) in [5.74, 6) is -5.99. The first-order chi connectivity index (χ1) is 11.2. The summed E-state index contributed by atoms with van der Waals surface area (Å²) < 4.78 is 43.1. The molecule has 0 bridgehead atoms. The van der Waals surface area contributed by atoms with Gasteiger partial charge in [-0.2, -0.15) is 13.5 Å². The SMILES string of the molecule is Cc1nnnn1-c1cc(NC(=O)C(F)(F)C2(O)CCC2)ccc1F. The number of amides is 1. The van der Waals surface area contributed by atoms with E-state index in [0.717, 1.165) is 22.9 Å². The zero-order chi connectivity index (χ0) is 17.5. The van der Waals surface area contributed by atoms with Crippen LogP contribution in [-0.2, 0) is 4.79 Å². The van der Waals surface area contributed by atoms with Gasteiger partial charge in [-0.15, -0.1) is 5.10 Å². The van der Waals surface area contributed by atoms with E-state index in [1.807, 2.05) is 5.32 Å². The van der Waals surface area contributed by atoms with Crippen LogP contribution in [0.5, 0.6) is 0 Å². The summed E-state index contributed by atoms with van der Waals surface area (Å²) in [6.45, 7) is 1.53. The summed E-state index contributed by atoms with van der Waals surface area (Å²) in [5, 5.41) is 22.4. The van der Waals surface area contributed by atoms with Gasteiger partial charge < -0.3 is 10.4 Å². The first kappa shape index (κ1) is 16.4. The molecule has 1 fully saturated rings. The number of alkyl halides is 2. The smallest absolute Gasteiger partial charge is 0.352 e. The Morgan fingerprint density at radius 2 is 2.12 bits per heavy atom. The average molecular weight is 341 g/mol. The number of aryl methyl sites for hydroxylation is 1. The number of rotatable bonds is 4. The minimum absolute atomic E-state index is 0.0612. The number of aromatic nitrogens is 4. The Balaban J connectivity index is 1.86. The maximum Gasteiger partial charge on any atom is 0.352 e. The zero-order valence-corrected chi connectivity index (χ0v) is 12.6. The van der Waals surface area contributed by atoms with E-state index in [1.54, 1.807) is 0 Å². The van der Waals surface area contributed by atoms with Gasteiger partial charge in [0.1, 0.15) is 17.1 Å². The van der Waals surface area contributed by atoms with Gasteiger partial charge in [0.2, 0.25) is 0 Å². The molecule has 3 rings (SSSR count). The third-order valence-electron chi connectivity index (χ3n) is 4.11. The van der Waals surface area contributed by atoms with Crippen molar-refractivity contribution in [3.8, 4) is 5.69 Å².